The molecule has 3 aromatic heterocycles. The van der Waals surface area contributed by atoms with E-state index in [1.165, 1.54) is 22.9 Å². The van der Waals surface area contributed by atoms with Gasteiger partial charge in [-0.2, -0.15) is 0 Å². The van der Waals surface area contributed by atoms with E-state index in [1.54, 1.807) is 11.3 Å². The standard InChI is InChI=1S/C22H29N5O3S2/c1-22(2)11-13-14(12-30-22)19(27-6-9-29-10-7-27)26-20-15(13)16-17(32-20)18(23-5-4-8-28)25-21(24-16)31-3/h28H,4-12H2,1-3H3,(H,23,24,25). The van der Waals surface area contributed by atoms with E-state index in [-0.39, 0.29) is 12.2 Å². The summed E-state index contributed by atoms with van der Waals surface area (Å²) in [7, 11) is 0. The highest BCUT2D eigenvalue weighted by atomic mass is 32.2. The van der Waals surface area contributed by atoms with Crippen LogP contribution in [0.25, 0.3) is 20.4 Å². The number of aliphatic hydroxyl groups excluding tert-OH is 1. The van der Waals surface area contributed by atoms with Gasteiger partial charge in [0, 0.05) is 43.6 Å². The third kappa shape index (κ3) is 4.03. The molecule has 2 aliphatic rings. The number of nitrogens with zero attached hydrogens (tertiary/aromatic N) is 4. The number of aromatic nitrogens is 3. The van der Waals surface area contributed by atoms with Crippen LogP contribution < -0.4 is 10.2 Å². The number of aliphatic hydroxyl groups is 1. The summed E-state index contributed by atoms with van der Waals surface area (Å²) in [5.41, 5.74) is 3.20. The summed E-state index contributed by atoms with van der Waals surface area (Å²) in [5, 5.41) is 14.5. The number of hydrogen-bond donors (Lipinski definition) is 2. The van der Waals surface area contributed by atoms with Crippen LogP contribution in [0.4, 0.5) is 11.6 Å². The van der Waals surface area contributed by atoms with Crippen LogP contribution in [0.2, 0.25) is 0 Å². The molecule has 0 spiro atoms. The fraction of sp³-hybridized carbons (Fsp3) is 0.591. The van der Waals surface area contributed by atoms with Gasteiger partial charge in [-0.1, -0.05) is 11.8 Å². The van der Waals surface area contributed by atoms with E-state index < -0.39 is 0 Å². The highest BCUT2D eigenvalue weighted by Crippen LogP contribution is 2.44. The Morgan fingerprint density at radius 1 is 1.19 bits per heavy atom. The third-order valence-corrected chi connectivity index (χ3v) is 7.60. The Morgan fingerprint density at radius 2 is 2.00 bits per heavy atom. The molecule has 5 heterocycles. The summed E-state index contributed by atoms with van der Waals surface area (Å²) in [6.07, 6.45) is 3.48. The molecule has 0 aromatic carbocycles. The monoisotopic (exact) mass is 475 g/mol. The summed E-state index contributed by atoms with van der Waals surface area (Å²) in [6, 6.07) is 0. The van der Waals surface area contributed by atoms with Crippen molar-refractivity contribution in [1.29, 1.82) is 0 Å². The van der Waals surface area contributed by atoms with Gasteiger partial charge >= 0.3 is 0 Å². The first kappa shape index (κ1) is 22.1. The second kappa shape index (κ2) is 8.90. The summed E-state index contributed by atoms with van der Waals surface area (Å²) in [5.74, 6) is 1.84. The number of fused-ring (bicyclic) bond motifs is 5. The number of ether oxygens (including phenoxy) is 2. The average Bonchev–Trinajstić information content (AvgIpc) is 3.17. The van der Waals surface area contributed by atoms with Crippen LogP contribution in [0.3, 0.4) is 0 Å². The zero-order chi connectivity index (χ0) is 22.3. The van der Waals surface area contributed by atoms with Crippen molar-refractivity contribution in [3.8, 4) is 0 Å². The lowest BCUT2D eigenvalue weighted by Crippen LogP contribution is -2.39. The number of pyridine rings is 1. The second-order valence-electron chi connectivity index (χ2n) is 8.74. The number of nitrogens with one attached hydrogen (secondary N) is 1. The molecule has 0 aliphatic carbocycles. The number of thiophene rings is 1. The fourth-order valence-corrected chi connectivity index (χ4v) is 5.84. The molecule has 10 heteroatoms. The topological polar surface area (TPSA) is 92.6 Å². The molecule has 1 saturated heterocycles. The molecule has 5 rings (SSSR count). The first-order chi connectivity index (χ1) is 15.5. The summed E-state index contributed by atoms with van der Waals surface area (Å²) in [6.45, 7) is 8.77. The maximum absolute atomic E-state index is 9.20. The lowest BCUT2D eigenvalue weighted by Gasteiger charge is -2.36. The molecule has 0 atom stereocenters. The van der Waals surface area contributed by atoms with Gasteiger partial charge in [0.25, 0.3) is 0 Å². The summed E-state index contributed by atoms with van der Waals surface area (Å²) < 4.78 is 12.8. The molecule has 2 N–H and O–H groups in total. The van der Waals surface area contributed by atoms with Crippen LogP contribution in [0, 0.1) is 0 Å². The number of hydrogen-bond acceptors (Lipinski definition) is 10. The zero-order valence-electron chi connectivity index (χ0n) is 18.7. The highest BCUT2D eigenvalue weighted by Gasteiger charge is 2.33. The quantitative estimate of drug-likeness (QED) is 0.316. The van der Waals surface area contributed by atoms with Crippen LogP contribution in [-0.4, -0.2) is 71.4 Å². The van der Waals surface area contributed by atoms with Crippen LogP contribution in [0.5, 0.6) is 0 Å². The van der Waals surface area contributed by atoms with Gasteiger partial charge in [-0.25, -0.2) is 15.0 Å². The SMILES string of the molecule is CSc1nc(NCCCO)c2sc3nc(N4CCOCC4)c4c(c3c2n1)CC(C)(C)OC4. The van der Waals surface area contributed by atoms with Crippen molar-refractivity contribution in [2.45, 2.75) is 44.1 Å². The molecule has 1 fully saturated rings. The van der Waals surface area contributed by atoms with E-state index >= 15 is 0 Å². The van der Waals surface area contributed by atoms with E-state index in [0.29, 0.717) is 19.6 Å². The minimum atomic E-state index is -0.241. The predicted molar refractivity (Wildman–Crippen MR) is 130 cm³/mol. The first-order valence-electron chi connectivity index (χ1n) is 11.0. The summed E-state index contributed by atoms with van der Waals surface area (Å²) in [4.78, 5) is 18.1. The van der Waals surface area contributed by atoms with Gasteiger partial charge in [-0.05, 0) is 32.1 Å². The molecule has 0 bridgehead atoms. The Kier molecular flexibility index (Phi) is 6.15. The van der Waals surface area contributed by atoms with Gasteiger partial charge in [0.05, 0.1) is 35.6 Å². The van der Waals surface area contributed by atoms with Crippen molar-refractivity contribution in [2.75, 3.05) is 55.9 Å². The highest BCUT2D eigenvalue weighted by molar-refractivity contribution is 7.98. The van der Waals surface area contributed by atoms with Crippen molar-refractivity contribution < 1.29 is 14.6 Å². The number of morpholine rings is 1. The normalized spacial score (nSPS) is 18.3. The lowest BCUT2D eigenvalue weighted by atomic mass is 9.90. The molecule has 2 aliphatic heterocycles. The van der Waals surface area contributed by atoms with Crippen molar-refractivity contribution in [3.63, 3.8) is 0 Å². The van der Waals surface area contributed by atoms with Gasteiger partial charge in [-0.15, -0.1) is 11.3 Å². The van der Waals surface area contributed by atoms with Crippen molar-refractivity contribution in [1.82, 2.24) is 15.0 Å². The third-order valence-electron chi connectivity index (χ3n) is 5.97. The van der Waals surface area contributed by atoms with Crippen molar-refractivity contribution in [3.05, 3.63) is 11.1 Å². The van der Waals surface area contributed by atoms with Crippen LogP contribution in [0.15, 0.2) is 5.16 Å². The summed E-state index contributed by atoms with van der Waals surface area (Å²) >= 11 is 3.19. The Bertz CT molecular complexity index is 1140. The fourth-order valence-electron chi connectivity index (χ4n) is 4.37. The number of thioether (sulfide) groups is 1. The van der Waals surface area contributed by atoms with E-state index in [4.69, 9.17) is 24.4 Å². The molecule has 0 amide bonds. The number of rotatable bonds is 6. The van der Waals surface area contributed by atoms with Gasteiger partial charge in [0.15, 0.2) is 5.16 Å². The zero-order valence-corrected chi connectivity index (χ0v) is 20.4. The van der Waals surface area contributed by atoms with E-state index in [9.17, 15) is 5.11 Å². The average molecular weight is 476 g/mol. The molecule has 32 heavy (non-hydrogen) atoms. The molecule has 3 aromatic rings. The Hall–Kier alpha value is -1.72. The molecule has 0 saturated carbocycles. The van der Waals surface area contributed by atoms with Gasteiger partial charge < -0.3 is 24.8 Å². The maximum atomic E-state index is 9.20. The molecule has 8 nitrogen and oxygen atoms in total. The van der Waals surface area contributed by atoms with Crippen LogP contribution in [-0.2, 0) is 22.5 Å². The predicted octanol–water partition coefficient (Wildman–Crippen LogP) is 3.44. The van der Waals surface area contributed by atoms with E-state index in [2.05, 4.69) is 24.1 Å². The Morgan fingerprint density at radius 3 is 2.75 bits per heavy atom. The molecule has 172 valence electrons. The number of anilines is 2. The molecule has 0 radical (unpaired) electrons. The van der Waals surface area contributed by atoms with E-state index in [1.807, 2.05) is 6.26 Å². The van der Waals surface area contributed by atoms with Gasteiger partial charge in [-0.3, -0.25) is 0 Å². The van der Waals surface area contributed by atoms with Crippen LogP contribution >= 0.6 is 23.1 Å². The first-order valence-corrected chi connectivity index (χ1v) is 13.1. The van der Waals surface area contributed by atoms with Crippen LogP contribution in [0.1, 0.15) is 31.4 Å². The lowest BCUT2D eigenvalue weighted by molar-refractivity contribution is -0.0396. The minimum absolute atomic E-state index is 0.149. The maximum Gasteiger partial charge on any atom is 0.189 e. The second-order valence-corrected chi connectivity index (χ2v) is 10.5. The molecular weight excluding hydrogens is 446 g/mol. The minimum Gasteiger partial charge on any atom is -0.396 e. The van der Waals surface area contributed by atoms with Crippen molar-refractivity contribution >= 4 is 55.2 Å². The molecule has 0 unspecified atom stereocenters. The Balaban J connectivity index is 1.74. The van der Waals surface area contributed by atoms with Gasteiger partial charge in [0.2, 0.25) is 0 Å². The Labute approximate surface area is 195 Å². The van der Waals surface area contributed by atoms with Crippen molar-refractivity contribution in [2.24, 2.45) is 0 Å². The molecular formula is C22H29N5O3S2. The largest absolute Gasteiger partial charge is 0.396 e. The smallest absolute Gasteiger partial charge is 0.189 e. The van der Waals surface area contributed by atoms with E-state index in [0.717, 1.165) is 69.9 Å². The van der Waals surface area contributed by atoms with Gasteiger partial charge in [0.1, 0.15) is 16.5 Å².